The van der Waals surface area contributed by atoms with Gasteiger partial charge in [-0.3, -0.25) is 4.79 Å². The zero-order valence-electron chi connectivity index (χ0n) is 14.9. The van der Waals surface area contributed by atoms with Crippen molar-refractivity contribution in [2.24, 2.45) is 0 Å². The minimum Gasteiger partial charge on any atom is -0.483 e. The molecule has 0 unspecified atom stereocenters. The number of nitrogens with zero attached hydrogens (tertiary/aromatic N) is 2. The van der Waals surface area contributed by atoms with Crippen molar-refractivity contribution in [1.82, 2.24) is 9.78 Å². The third kappa shape index (κ3) is 4.08. The number of ether oxygens (including phenoxy) is 1. The number of amides is 1. The lowest BCUT2D eigenvalue weighted by Gasteiger charge is -2.11. The largest absolute Gasteiger partial charge is 0.483 e. The van der Waals surface area contributed by atoms with E-state index in [0.29, 0.717) is 17.3 Å². The third-order valence-corrected chi connectivity index (χ3v) is 3.87. The van der Waals surface area contributed by atoms with Crippen LogP contribution in [0.15, 0.2) is 48.5 Å². The SMILES string of the molecule is Cc1ccc(C)c(OCC(=O)Nc2cc(C)nn2-c2ccc(F)cc2)c1. The summed E-state index contributed by atoms with van der Waals surface area (Å²) in [4.78, 5) is 12.3. The molecule has 0 aliphatic heterocycles. The Hall–Kier alpha value is -3.15. The standard InChI is InChI=1S/C20H20FN3O2/c1-13-4-5-14(2)18(10-13)26-12-20(25)22-19-11-15(3)23-24(19)17-8-6-16(21)7-9-17/h4-11H,12H2,1-3H3,(H,22,25). The van der Waals surface area contributed by atoms with Gasteiger partial charge in [-0.25, -0.2) is 9.07 Å². The summed E-state index contributed by atoms with van der Waals surface area (Å²) >= 11 is 0. The molecule has 134 valence electrons. The molecule has 3 aromatic rings. The molecule has 1 heterocycles. The average molecular weight is 353 g/mol. The van der Waals surface area contributed by atoms with E-state index in [1.807, 2.05) is 39.0 Å². The number of carbonyl (C=O) groups excluding carboxylic acids is 1. The molecule has 3 rings (SSSR count). The highest BCUT2D eigenvalue weighted by Crippen LogP contribution is 2.20. The maximum atomic E-state index is 13.1. The maximum Gasteiger partial charge on any atom is 0.263 e. The second kappa shape index (κ2) is 7.39. The first-order chi connectivity index (χ1) is 12.4. The first-order valence-electron chi connectivity index (χ1n) is 8.25. The number of aryl methyl sites for hydroxylation is 3. The molecule has 0 spiro atoms. The molecule has 2 aromatic carbocycles. The quantitative estimate of drug-likeness (QED) is 0.755. The second-order valence-corrected chi connectivity index (χ2v) is 6.16. The fourth-order valence-electron chi connectivity index (χ4n) is 2.55. The van der Waals surface area contributed by atoms with E-state index < -0.39 is 0 Å². The van der Waals surface area contributed by atoms with Gasteiger partial charge < -0.3 is 10.1 Å². The van der Waals surface area contributed by atoms with Gasteiger partial charge in [0, 0.05) is 6.07 Å². The fraction of sp³-hybridized carbons (Fsp3) is 0.200. The van der Waals surface area contributed by atoms with E-state index in [9.17, 15) is 9.18 Å². The van der Waals surface area contributed by atoms with Crippen molar-refractivity contribution in [1.29, 1.82) is 0 Å². The van der Waals surface area contributed by atoms with Crippen LogP contribution < -0.4 is 10.1 Å². The summed E-state index contributed by atoms with van der Waals surface area (Å²) in [5, 5.41) is 7.14. The van der Waals surface area contributed by atoms with Crippen LogP contribution in [0.5, 0.6) is 5.75 Å². The van der Waals surface area contributed by atoms with Crippen LogP contribution in [-0.2, 0) is 4.79 Å². The number of hydrogen-bond acceptors (Lipinski definition) is 3. The number of aromatic nitrogens is 2. The summed E-state index contributed by atoms with van der Waals surface area (Å²) in [6, 6.07) is 13.5. The van der Waals surface area contributed by atoms with Gasteiger partial charge in [0.15, 0.2) is 6.61 Å². The fourth-order valence-corrected chi connectivity index (χ4v) is 2.55. The van der Waals surface area contributed by atoms with Gasteiger partial charge in [0.1, 0.15) is 17.4 Å². The minimum absolute atomic E-state index is 0.113. The zero-order chi connectivity index (χ0) is 18.7. The van der Waals surface area contributed by atoms with Gasteiger partial charge >= 0.3 is 0 Å². The van der Waals surface area contributed by atoms with Gasteiger partial charge in [-0.15, -0.1) is 0 Å². The highest BCUT2D eigenvalue weighted by atomic mass is 19.1. The van der Waals surface area contributed by atoms with E-state index in [1.165, 1.54) is 12.1 Å². The molecule has 0 bridgehead atoms. The van der Waals surface area contributed by atoms with E-state index in [2.05, 4.69) is 10.4 Å². The van der Waals surface area contributed by atoms with Crippen molar-refractivity contribution >= 4 is 11.7 Å². The van der Waals surface area contributed by atoms with E-state index in [4.69, 9.17) is 4.74 Å². The molecule has 26 heavy (non-hydrogen) atoms. The van der Waals surface area contributed by atoms with Gasteiger partial charge in [0.05, 0.1) is 11.4 Å². The monoisotopic (exact) mass is 353 g/mol. The van der Waals surface area contributed by atoms with Crippen LogP contribution in [0.2, 0.25) is 0 Å². The first kappa shape index (κ1) is 17.7. The number of hydrogen-bond donors (Lipinski definition) is 1. The van der Waals surface area contributed by atoms with Crippen LogP contribution in [0.3, 0.4) is 0 Å². The van der Waals surface area contributed by atoms with Crippen molar-refractivity contribution in [2.75, 3.05) is 11.9 Å². The molecule has 6 heteroatoms. The Balaban J connectivity index is 1.71. The predicted octanol–water partition coefficient (Wildman–Crippen LogP) is 3.95. The summed E-state index contributed by atoms with van der Waals surface area (Å²) in [5.41, 5.74) is 3.43. The number of benzene rings is 2. The van der Waals surface area contributed by atoms with E-state index in [-0.39, 0.29) is 18.3 Å². The van der Waals surface area contributed by atoms with Gasteiger partial charge in [-0.2, -0.15) is 5.10 Å². The molecule has 0 aliphatic rings. The van der Waals surface area contributed by atoms with Crippen LogP contribution in [0, 0.1) is 26.6 Å². The highest BCUT2D eigenvalue weighted by molar-refractivity contribution is 5.91. The Morgan fingerprint density at radius 2 is 1.85 bits per heavy atom. The topological polar surface area (TPSA) is 56.1 Å². The zero-order valence-corrected chi connectivity index (χ0v) is 14.9. The number of nitrogens with one attached hydrogen (secondary N) is 1. The number of carbonyl (C=O) groups is 1. The van der Waals surface area contributed by atoms with Gasteiger partial charge in [0.25, 0.3) is 5.91 Å². The molecule has 0 aliphatic carbocycles. The highest BCUT2D eigenvalue weighted by Gasteiger charge is 2.12. The summed E-state index contributed by atoms with van der Waals surface area (Å²) < 4.78 is 20.3. The first-order valence-corrected chi connectivity index (χ1v) is 8.25. The van der Waals surface area contributed by atoms with Crippen molar-refractivity contribution in [2.45, 2.75) is 20.8 Å². The summed E-state index contributed by atoms with van der Waals surface area (Å²) in [6.07, 6.45) is 0. The van der Waals surface area contributed by atoms with Gasteiger partial charge in [-0.05, 0) is 62.2 Å². The molecule has 0 saturated heterocycles. The molecule has 0 radical (unpaired) electrons. The smallest absolute Gasteiger partial charge is 0.263 e. The summed E-state index contributed by atoms with van der Waals surface area (Å²) in [6.45, 7) is 5.61. The molecular weight excluding hydrogens is 333 g/mol. The van der Waals surface area contributed by atoms with Crippen LogP contribution >= 0.6 is 0 Å². The molecule has 0 atom stereocenters. The van der Waals surface area contributed by atoms with E-state index in [0.717, 1.165) is 16.8 Å². The Labute approximate surface area is 151 Å². The molecule has 1 amide bonds. The third-order valence-electron chi connectivity index (χ3n) is 3.87. The van der Waals surface area contributed by atoms with Crippen molar-refractivity contribution < 1.29 is 13.9 Å². The van der Waals surface area contributed by atoms with Crippen LogP contribution in [0.25, 0.3) is 5.69 Å². The van der Waals surface area contributed by atoms with Crippen LogP contribution in [0.4, 0.5) is 10.2 Å². The minimum atomic E-state index is -0.329. The predicted molar refractivity (Wildman–Crippen MR) is 98.3 cm³/mol. The normalized spacial score (nSPS) is 10.6. The van der Waals surface area contributed by atoms with Crippen molar-refractivity contribution in [3.05, 3.63) is 71.2 Å². The molecule has 5 nitrogen and oxygen atoms in total. The molecule has 1 aromatic heterocycles. The molecule has 0 saturated carbocycles. The Bertz CT molecular complexity index is 933. The van der Waals surface area contributed by atoms with Gasteiger partial charge in [0.2, 0.25) is 0 Å². The number of rotatable bonds is 5. The Morgan fingerprint density at radius 1 is 1.12 bits per heavy atom. The average Bonchev–Trinajstić information content (AvgIpc) is 2.96. The lowest BCUT2D eigenvalue weighted by Crippen LogP contribution is -2.22. The Kier molecular flexibility index (Phi) is 5.02. The van der Waals surface area contributed by atoms with E-state index in [1.54, 1.807) is 22.9 Å². The van der Waals surface area contributed by atoms with Gasteiger partial charge in [-0.1, -0.05) is 12.1 Å². The van der Waals surface area contributed by atoms with Crippen molar-refractivity contribution in [3.63, 3.8) is 0 Å². The number of anilines is 1. The molecule has 0 fully saturated rings. The van der Waals surface area contributed by atoms with Crippen LogP contribution in [0.1, 0.15) is 16.8 Å². The Morgan fingerprint density at radius 3 is 2.58 bits per heavy atom. The maximum absolute atomic E-state index is 13.1. The second-order valence-electron chi connectivity index (χ2n) is 6.16. The molecule has 1 N–H and O–H groups in total. The molecular formula is C20H20FN3O2. The van der Waals surface area contributed by atoms with Crippen molar-refractivity contribution in [3.8, 4) is 11.4 Å². The lowest BCUT2D eigenvalue weighted by atomic mass is 10.1. The number of halogens is 1. The van der Waals surface area contributed by atoms with E-state index >= 15 is 0 Å². The van der Waals surface area contributed by atoms with Crippen LogP contribution in [-0.4, -0.2) is 22.3 Å². The summed E-state index contributed by atoms with van der Waals surface area (Å²) in [5.74, 6) is 0.561. The summed E-state index contributed by atoms with van der Waals surface area (Å²) in [7, 11) is 0. The lowest BCUT2D eigenvalue weighted by molar-refractivity contribution is -0.118.